The molecule has 0 aromatic heterocycles. The van der Waals surface area contributed by atoms with Crippen molar-refractivity contribution in [3.8, 4) is 0 Å². The lowest BCUT2D eigenvalue weighted by atomic mass is 10.0. The molecule has 0 saturated heterocycles. The van der Waals surface area contributed by atoms with Crippen LogP contribution in [0.4, 0.5) is 8.78 Å². The molecular weight excluding hydrogens is 334 g/mol. The van der Waals surface area contributed by atoms with Gasteiger partial charge >= 0.3 is 0 Å². The molecule has 0 aliphatic rings. The molecule has 0 radical (unpaired) electrons. The largest absolute Gasteiger partial charge is 0.335 e. The van der Waals surface area contributed by atoms with E-state index in [-0.39, 0.29) is 11.9 Å². The summed E-state index contributed by atoms with van der Waals surface area (Å²) in [4.78, 5) is 16.5. The number of nitrogens with zero attached hydrogens (tertiary/aromatic N) is 2. The maximum atomic E-state index is 13.5. The van der Waals surface area contributed by atoms with E-state index in [1.807, 2.05) is 24.3 Å². The summed E-state index contributed by atoms with van der Waals surface area (Å²) in [6.07, 6.45) is 0. The van der Waals surface area contributed by atoms with Crippen LogP contribution in [0.2, 0.25) is 0 Å². The number of hydrogen-bond donors (Lipinski definition) is 0. The molecule has 0 fully saturated rings. The molecule has 3 nitrogen and oxygen atoms in total. The number of halogens is 2. The highest BCUT2D eigenvalue weighted by Crippen LogP contribution is 2.22. The summed E-state index contributed by atoms with van der Waals surface area (Å²) in [6.45, 7) is 8.84. The zero-order valence-corrected chi connectivity index (χ0v) is 15.8. The standard InChI is InChI=1S/C21H26F2N2O/c1-5-25(6-2)14-16-7-9-17(10-8-16)21(26)24(4)15(3)18-11-12-19(22)20(23)13-18/h7-13,15H,5-6,14H2,1-4H3. The molecular formula is C21H26F2N2O. The molecule has 140 valence electrons. The van der Waals surface area contributed by atoms with Gasteiger partial charge in [0.2, 0.25) is 0 Å². The molecule has 5 heteroatoms. The fourth-order valence-electron chi connectivity index (χ4n) is 2.83. The average Bonchev–Trinajstić information content (AvgIpc) is 2.67. The summed E-state index contributed by atoms with van der Waals surface area (Å²) in [5.41, 5.74) is 2.28. The SMILES string of the molecule is CCN(CC)Cc1ccc(C(=O)N(C)C(C)c2ccc(F)c(F)c2)cc1. The first-order chi connectivity index (χ1) is 12.4. The fourth-order valence-corrected chi connectivity index (χ4v) is 2.83. The topological polar surface area (TPSA) is 23.6 Å². The highest BCUT2D eigenvalue weighted by Gasteiger charge is 2.20. The number of benzene rings is 2. The molecule has 2 aromatic rings. The van der Waals surface area contributed by atoms with Gasteiger partial charge in [-0.25, -0.2) is 8.78 Å². The third-order valence-electron chi connectivity index (χ3n) is 4.83. The third-order valence-corrected chi connectivity index (χ3v) is 4.83. The van der Waals surface area contributed by atoms with Gasteiger partial charge in [0.15, 0.2) is 11.6 Å². The Labute approximate surface area is 154 Å². The number of rotatable bonds is 7. The Bertz CT molecular complexity index is 742. The molecule has 0 spiro atoms. The molecule has 0 saturated carbocycles. The lowest BCUT2D eigenvalue weighted by Gasteiger charge is -2.26. The van der Waals surface area contributed by atoms with E-state index in [1.54, 1.807) is 14.0 Å². The van der Waals surface area contributed by atoms with Crippen LogP contribution in [0.5, 0.6) is 0 Å². The van der Waals surface area contributed by atoms with E-state index in [1.165, 1.54) is 11.0 Å². The van der Waals surface area contributed by atoms with Crippen molar-refractivity contribution in [2.75, 3.05) is 20.1 Å². The van der Waals surface area contributed by atoms with Crippen molar-refractivity contribution in [2.24, 2.45) is 0 Å². The van der Waals surface area contributed by atoms with E-state index in [4.69, 9.17) is 0 Å². The maximum absolute atomic E-state index is 13.5. The average molecular weight is 360 g/mol. The van der Waals surface area contributed by atoms with Crippen molar-refractivity contribution < 1.29 is 13.6 Å². The predicted molar refractivity (Wildman–Crippen MR) is 99.9 cm³/mol. The zero-order valence-electron chi connectivity index (χ0n) is 15.8. The minimum Gasteiger partial charge on any atom is -0.335 e. The van der Waals surface area contributed by atoms with Crippen molar-refractivity contribution in [2.45, 2.75) is 33.4 Å². The molecule has 0 bridgehead atoms. The number of carbonyl (C=O) groups is 1. The lowest BCUT2D eigenvalue weighted by Crippen LogP contribution is -2.29. The Morgan fingerprint density at radius 2 is 1.62 bits per heavy atom. The fraction of sp³-hybridized carbons (Fsp3) is 0.381. The predicted octanol–water partition coefficient (Wildman–Crippen LogP) is 4.64. The van der Waals surface area contributed by atoms with Crippen molar-refractivity contribution >= 4 is 5.91 Å². The molecule has 1 atom stereocenters. The molecule has 1 unspecified atom stereocenters. The van der Waals surface area contributed by atoms with E-state index in [2.05, 4.69) is 18.7 Å². The summed E-state index contributed by atoms with van der Waals surface area (Å²) < 4.78 is 26.6. The van der Waals surface area contributed by atoms with Crippen LogP contribution in [0, 0.1) is 11.6 Å². The van der Waals surface area contributed by atoms with Crippen LogP contribution < -0.4 is 0 Å². The first kappa shape index (κ1) is 20.0. The molecule has 0 N–H and O–H groups in total. The van der Waals surface area contributed by atoms with Gasteiger partial charge in [0.1, 0.15) is 0 Å². The van der Waals surface area contributed by atoms with Crippen molar-refractivity contribution in [3.05, 3.63) is 70.8 Å². The Balaban J connectivity index is 2.10. The van der Waals surface area contributed by atoms with Crippen LogP contribution in [-0.2, 0) is 6.54 Å². The maximum Gasteiger partial charge on any atom is 0.254 e. The summed E-state index contributed by atoms with van der Waals surface area (Å²) in [5, 5.41) is 0. The molecule has 0 aliphatic heterocycles. The summed E-state index contributed by atoms with van der Waals surface area (Å²) >= 11 is 0. The molecule has 2 aromatic carbocycles. The second kappa shape index (κ2) is 8.90. The van der Waals surface area contributed by atoms with Crippen molar-refractivity contribution in [1.82, 2.24) is 9.80 Å². The van der Waals surface area contributed by atoms with E-state index >= 15 is 0 Å². The number of hydrogen-bond acceptors (Lipinski definition) is 2. The highest BCUT2D eigenvalue weighted by molar-refractivity contribution is 5.94. The van der Waals surface area contributed by atoms with Crippen molar-refractivity contribution in [1.29, 1.82) is 0 Å². The quantitative estimate of drug-likeness (QED) is 0.718. The summed E-state index contributed by atoms with van der Waals surface area (Å²) in [5.74, 6) is -1.95. The Morgan fingerprint density at radius 3 is 2.15 bits per heavy atom. The van der Waals surface area contributed by atoms with Gasteiger partial charge in [-0.15, -0.1) is 0 Å². The van der Waals surface area contributed by atoms with E-state index < -0.39 is 11.6 Å². The van der Waals surface area contributed by atoms with Crippen LogP contribution >= 0.6 is 0 Å². The third kappa shape index (κ3) is 4.67. The summed E-state index contributed by atoms with van der Waals surface area (Å²) in [7, 11) is 1.66. The van der Waals surface area contributed by atoms with Crippen molar-refractivity contribution in [3.63, 3.8) is 0 Å². The number of carbonyl (C=O) groups excluding carboxylic acids is 1. The molecule has 0 heterocycles. The Hall–Kier alpha value is -2.27. The van der Waals surface area contributed by atoms with E-state index in [9.17, 15) is 13.6 Å². The van der Waals surface area contributed by atoms with Gasteiger partial charge in [-0.2, -0.15) is 0 Å². The minimum absolute atomic E-state index is 0.156. The van der Waals surface area contributed by atoms with Gasteiger partial charge in [-0.05, 0) is 55.4 Å². The normalized spacial score (nSPS) is 12.3. The monoisotopic (exact) mass is 360 g/mol. The first-order valence-corrected chi connectivity index (χ1v) is 8.90. The molecule has 1 amide bonds. The van der Waals surface area contributed by atoms with Gasteiger partial charge in [0, 0.05) is 19.2 Å². The van der Waals surface area contributed by atoms with Crippen LogP contribution in [0.3, 0.4) is 0 Å². The van der Waals surface area contributed by atoms with E-state index in [0.29, 0.717) is 11.1 Å². The van der Waals surface area contributed by atoms with Crippen LogP contribution in [-0.4, -0.2) is 35.8 Å². The summed E-state index contributed by atoms with van der Waals surface area (Å²) in [6, 6.07) is 10.9. The van der Waals surface area contributed by atoms with Gasteiger partial charge in [0.25, 0.3) is 5.91 Å². The van der Waals surface area contributed by atoms with Gasteiger partial charge in [-0.1, -0.05) is 32.0 Å². The van der Waals surface area contributed by atoms with E-state index in [0.717, 1.165) is 37.3 Å². The second-order valence-electron chi connectivity index (χ2n) is 6.42. The Morgan fingerprint density at radius 1 is 1.00 bits per heavy atom. The zero-order chi connectivity index (χ0) is 19.3. The molecule has 0 aliphatic carbocycles. The highest BCUT2D eigenvalue weighted by atomic mass is 19.2. The van der Waals surface area contributed by atoms with Crippen LogP contribution in [0.1, 0.15) is 48.3 Å². The first-order valence-electron chi connectivity index (χ1n) is 8.90. The van der Waals surface area contributed by atoms with Crippen LogP contribution in [0.25, 0.3) is 0 Å². The molecule has 26 heavy (non-hydrogen) atoms. The van der Waals surface area contributed by atoms with Gasteiger partial charge in [0.05, 0.1) is 6.04 Å². The molecule has 2 rings (SSSR count). The van der Waals surface area contributed by atoms with Gasteiger partial charge < -0.3 is 4.90 Å². The van der Waals surface area contributed by atoms with Gasteiger partial charge in [-0.3, -0.25) is 9.69 Å². The Kier molecular flexibility index (Phi) is 6.86. The lowest BCUT2D eigenvalue weighted by molar-refractivity contribution is 0.0742. The smallest absolute Gasteiger partial charge is 0.254 e. The second-order valence-corrected chi connectivity index (χ2v) is 6.42. The van der Waals surface area contributed by atoms with Crippen LogP contribution in [0.15, 0.2) is 42.5 Å². The minimum atomic E-state index is -0.907. The number of amides is 1.